The molecule has 3 aliphatic rings. The van der Waals surface area contributed by atoms with Crippen LogP contribution in [0.5, 0.6) is 0 Å². The Hall–Kier alpha value is -2.57. The van der Waals surface area contributed by atoms with Gasteiger partial charge in [0.1, 0.15) is 0 Å². The minimum absolute atomic E-state index is 0.180. The SMILES string of the molecule is O=C1NC(=O)C2(CN(C(=O)NCCC3CCc4ccccc43)C2)N1. The first-order valence-electron chi connectivity index (χ1n) is 8.32. The standard InChI is InChI=1S/C17H20N4O3/c22-14-17(20-15(23)19-14)9-21(10-17)16(24)18-8-7-12-6-5-11-3-1-2-4-13(11)12/h1-4,12H,5-10H2,(H,18,24)(H2,19,20,22,23). The molecule has 1 atom stereocenters. The number of nitrogens with one attached hydrogen (secondary N) is 3. The highest BCUT2D eigenvalue weighted by Crippen LogP contribution is 2.34. The molecule has 1 spiro atoms. The van der Waals surface area contributed by atoms with Gasteiger partial charge in [-0.3, -0.25) is 10.1 Å². The summed E-state index contributed by atoms with van der Waals surface area (Å²) in [5.74, 6) is 0.156. The van der Waals surface area contributed by atoms with Crippen LogP contribution < -0.4 is 16.0 Å². The lowest BCUT2D eigenvalue weighted by molar-refractivity contribution is -0.128. The van der Waals surface area contributed by atoms with E-state index in [0.29, 0.717) is 12.5 Å². The first-order chi connectivity index (χ1) is 11.6. The number of nitrogens with zero attached hydrogens (tertiary/aromatic N) is 1. The summed E-state index contributed by atoms with van der Waals surface area (Å²) < 4.78 is 0. The summed E-state index contributed by atoms with van der Waals surface area (Å²) in [5, 5.41) is 7.72. The number of likely N-dealkylation sites (tertiary alicyclic amines) is 1. The number of benzene rings is 1. The maximum absolute atomic E-state index is 12.1. The van der Waals surface area contributed by atoms with Crippen molar-refractivity contribution >= 4 is 18.0 Å². The van der Waals surface area contributed by atoms with Crippen molar-refractivity contribution in [1.29, 1.82) is 0 Å². The minimum Gasteiger partial charge on any atom is -0.338 e. The van der Waals surface area contributed by atoms with Crippen molar-refractivity contribution in [2.45, 2.75) is 30.7 Å². The van der Waals surface area contributed by atoms with Crippen LogP contribution in [0.1, 0.15) is 29.9 Å². The maximum atomic E-state index is 12.1. The van der Waals surface area contributed by atoms with E-state index in [0.717, 1.165) is 19.3 Å². The van der Waals surface area contributed by atoms with E-state index in [1.165, 1.54) is 11.1 Å². The normalized spacial score (nSPS) is 23.5. The summed E-state index contributed by atoms with van der Waals surface area (Å²) in [6.45, 7) is 1.06. The topological polar surface area (TPSA) is 90.5 Å². The summed E-state index contributed by atoms with van der Waals surface area (Å²) >= 11 is 0. The molecule has 2 fully saturated rings. The molecule has 0 aromatic heterocycles. The Morgan fingerprint density at radius 2 is 2.08 bits per heavy atom. The second-order valence-corrected chi connectivity index (χ2v) is 6.80. The summed E-state index contributed by atoms with van der Waals surface area (Å²) in [5.41, 5.74) is 1.90. The van der Waals surface area contributed by atoms with Crippen LogP contribution in [0.15, 0.2) is 24.3 Å². The van der Waals surface area contributed by atoms with E-state index in [1.54, 1.807) is 4.90 Å². The number of rotatable bonds is 3. The van der Waals surface area contributed by atoms with Gasteiger partial charge in [0.25, 0.3) is 5.91 Å². The van der Waals surface area contributed by atoms with Gasteiger partial charge in [-0.05, 0) is 36.3 Å². The molecule has 0 radical (unpaired) electrons. The zero-order valence-corrected chi connectivity index (χ0v) is 13.3. The van der Waals surface area contributed by atoms with Crippen LogP contribution in [0.2, 0.25) is 0 Å². The summed E-state index contributed by atoms with van der Waals surface area (Å²) in [6.07, 6.45) is 3.16. The van der Waals surface area contributed by atoms with Crippen LogP contribution in [0.25, 0.3) is 0 Å². The molecule has 7 heteroatoms. The smallest absolute Gasteiger partial charge is 0.322 e. The van der Waals surface area contributed by atoms with Gasteiger partial charge < -0.3 is 15.5 Å². The van der Waals surface area contributed by atoms with Crippen molar-refractivity contribution in [3.05, 3.63) is 35.4 Å². The molecule has 126 valence electrons. The third kappa shape index (κ3) is 2.40. The van der Waals surface area contributed by atoms with Gasteiger partial charge in [0.15, 0.2) is 5.54 Å². The predicted molar refractivity (Wildman–Crippen MR) is 86.5 cm³/mol. The quantitative estimate of drug-likeness (QED) is 0.714. The Kier molecular flexibility index (Phi) is 3.44. The monoisotopic (exact) mass is 328 g/mol. The van der Waals surface area contributed by atoms with Crippen molar-refractivity contribution in [3.63, 3.8) is 0 Å². The lowest BCUT2D eigenvalue weighted by Crippen LogP contribution is -2.72. The van der Waals surface area contributed by atoms with E-state index in [9.17, 15) is 14.4 Å². The molecule has 1 aromatic carbocycles. The van der Waals surface area contributed by atoms with Crippen LogP contribution >= 0.6 is 0 Å². The number of carbonyl (C=O) groups excluding carboxylic acids is 3. The molecule has 1 aromatic rings. The molecule has 2 saturated heterocycles. The molecule has 1 unspecified atom stereocenters. The molecule has 3 N–H and O–H groups in total. The molecule has 1 aliphatic carbocycles. The van der Waals surface area contributed by atoms with Crippen LogP contribution in [0.4, 0.5) is 9.59 Å². The van der Waals surface area contributed by atoms with E-state index >= 15 is 0 Å². The Balaban J connectivity index is 1.24. The third-order valence-electron chi connectivity index (χ3n) is 5.25. The van der Waals surface area contributed by atoms with E-state index in [2.05, 4.69) is 40.2 Å². The predicted octanol–water partition coefficient (Wildman–Crippen LogP) is 0.710. The highest BCUT2D eigenvalue weighted by atomic mass is 16.2. The summed E-state index contributed by atoms with van der Waals surface area (Å²) in [6, 6.07) is 7.82. The molecular weight excluding hydrogens is 308 g/mol. The average Bonchev–Trinajstić information content (AvgIpc) is 3.06. The molecule has 0 bridgehead atoms. The third-order valence-corrected chi connectivity index (χ3v) is 5.25. The van der Waals surface area contributed by atoms with Gasteiger partial charge in [-0.1, -0.05) is 24.3 Å². The molecule has 2 aliphatic heterocycles. The van der Waals surface area contributed by atoms with Gasteiger partial charge in [-0.15, -0.1) is 0 Å². The molecule has 2 heterocycles. The molecule has 24 heavy (non-hydrogen) atoms. The number of amides is 5. The summed E-state index contributed by atoms with van der Waals surface area (Å²) in [4.78, 5) is 36.6. The fraction of sp³-hybridized carbons (Fsp3) is 0.471. The van der Waals surface area contributed by atoms with Gasteiger partial charge in [0.05, 0.1) is 13.1 Å². The van der Waals surface area contributed by atoms with Crippen molar-refractivity contribution in [3.8, 4) is 0 Å². The Morgan fingerprint density at radius 3 is 2.83 bits per heavy atom. The summed E-state index contributed by atoms with van der Waals surface area (Å²) in [7, 11) is 0. The van der Waals surface area contributed by atoms with Crippen LogP contribution in [-0.4, -0.2) is 48.0 Å². The molecule has 4 rings (SSSR count). The van der Waals surface area contributed by atoms with E-state index in [-0.39, 0.29) is 25.0 Å². The lowest BCUT2D eigenvalue weighted by atomic mass is 9.90. The van der Waals surface area contributed by atoms with Gasteiger partial charge in [-0.25, -0.2) is 9.59 Å². The van der Waals surface area contributed by atoms with E-state index in [1.807, 2.05) is 0 Å². The molecule has 7 nitrogen and oxygen atoms in total. The second kappa shape index (κ2) is 5.51. The van der Waals surface area contributed by atoms with Gasteiger partial charge in [0.2, 0.25) is 0 Å². The number of carbonyl (C=O) groups is 3. The van der Waals surface area contributed by atoms with Crippen molar-refractivity contribution in [1.82, 2.24) is 20.9 Å². The number of imide groups is 1. The van der Waals surface area contributed by atoms with Crippen molar-refractivity contribution in [2.75, 3.05) is 19.6 Å². The molecule has 5 amide bonds. The fourth-order valence-electron chi connectivity index (χ4n) is 3.91. The number of fused-ring (bicyclic) bond motifs is 1. The van der Waals surface area contributed by atoms with Crippen LogP contribution in [-0.2, 0) is 11.2 Å². The van der Waals surface area contributed by atoms with Gasteiger partial charge in [-0.2, -0.15) is 0 Å². The zero-order chi connectivity index (χ0) is 16.7. The highest BCUT2D eigenvalue weighted by Gasteiger charge is 2.56. The first kappa shape index (κ1) is 15.0. The van der Waals surface area contributed by atoms with Crippen molar-refractivity contribution < 1.29 is 14.4 Å². The number of hydrogen-bond acceptors (Lipinski definition) is 3. The van der Waals surface area contributed by atoms with Crippen LogP contribution in [0, 0.1) is 0 Å². The average molecular weight is 328 g/mol. The molecule has 0 saturated carbocycles. The maximum Gasteiger partial charge on any atom is 0.322 e. The van der Waals surface area contributed by atoms with Gasteiger partial charge >= 0.3 is 12.1 Å². The highest BCUT2D eigenvalue weighted by molar-refractivity contribution is 6.08. The van der Waals surface area contributed by atoms with Gasteiger partial charge in [0, 0.05) is 6.54 Å². The first-order valence-corrected chi connectivity index (χ1v) is 8.32. The fourth-order valence-corrected chi connectivity index (χ4v) is 3.91. The number of aryl methyl sites for hydroxylation is 1. The van der Waals surface area contributed by atoms with Crippen LogP contribution in [0.3, 0.4) is 0 Å². The van der Waals surface area contributed by atoms with E-state index in [4.69, 9.17) is 0 Å². The number of hydrogen-bond donors (Lipinski definition) is 3. The van der Waals surface area contributed by atoms with Crippen molar-refractivity contribution in [2.24, 2.45) is 0 Å². The second-order valence-electron chi connectivity index (χ2n) is 6.80. The largest absolute Gasteiger partial charge is 0.338 e. The minimum atomic E-state index is -0.918. The van der Waals surface area contributed by atoms with E-state index < -0.39 is 11.6 Å². The zero-order valence-electron chi connectivity index (χ0n) is 13.3. The lowest BCUT2D eigenvalue weighted by Gasteiger charge is -2.44. The number of urea groups is 2. The molecular formula is C17H20N4O3. The Morgan fingerprint density at radius 1 is 1.29 bits per heavy atom. The Labute approximate surface area is 139 Å². The Bertz CT molecular complexity index is 712.